The average Bonchev–Trinajstić information content (AvgIpc) is 3.33. The van der Waals surface area contributed by atoms with Crippen molar-refractivity contribution < 1.29 is 9.53 Å². The Hall–Kier alpha value is -3.26. The van der Waals surface area contributed by atoms with Gasteiger partial charge in [0.1, 0.15) is 5.75 Å². The number of H-pyrrole nitrogens is 1. The number of nitrogens with zero attached hydrogens (tertiary/aromatic N) is 4. The van der Waals surface area contributed by atoms with Gasteiger partial charge < -0.3 is 15.0 Å². The van der Waals surface area contributed by atoms with Gasteiger partial charge in [0.25, 0.3) is 5.91 Å². The van der Waals surface area contributed by atoms with E-state index >= 15 is 0 Å². The van der Waals surface area contributed by atoms with Crippen LogP contribution in [0.25, 0.3) is 11.4 Å². The van der Waals surface area contributed by atoms with Gasteiger partial charge in [0.05, 0.1) is 12.2 Å². The molecular formula is C23H28N6O2. The highest BCUT2D eigenvalue weighted by atomic mass is 16.5. The van der Waals surface area contributed by atoms with E-state index in [0.29, 0.717) is 12.4 Å². The van der Waals surface area contributed by atoms with E-state index in [9.17, 15) is 4.79 Å². The van der Waals surface area contributed by atoms with E-state index in [0.717, 1.165) is 61.3 Å². The number of carbonyl (C=O) groups is 1. The first-order valence-electron chi connectivity index (χ1n) is 10.8. The highest BCUT2D eigenvalue weighted by molar-refractivity contribution is 5.95. The Morgan fingerprint density at radius 3 is 2.71 bits per heavy atom. The summed E-state index contributed by atoms with van der Waals surface area (Å²) >= 11 is 0. The standard InChI is InChI=1S/C23H28N6O2/c1-17-7-2-3-8-19(17)23(30)24-18-11-14-29(15-12-18)13-6-16-31-21-10-5-4-9-20(21)22-25-27-28-26-22/h2-5,7-10,18H,6,11-16H2,1H3,(H,24,30)(H,25,26,27,28). The Labute approximate surface area is 182 Å². The van der Waals surface area contributed by atoms with Crippen LogP contribution in [0.3, 0.4) is 0 Å². The normalized spacial score (nSPS) is 15.0. The van der Waals surface area contributed by atoms with E-state index in [2.05, 4.69) is 30.8 Å². The van der Waals surface area contributed by atoms with Crippen molar-refractivity contribution in [1.29, 1.82) is 0 Å². The summed E-state index contributed by atoms with van der Waals surface area (Å²) in [6, 6.07) is 15.7. The molecule has 1 saturated heterocycles. The number of hydrogen-bond acceptors (Lipinski definition) is 6. The minimum atomic E-state index is 0.0329. The summed E-state index contributed by atoms with van der Waals surface area (Å²) < 4.78 is 5.99. The Morgan fingerprint density at radius 2 is 1.94 bits per heavy atom. The van der Waals surface area contributed by atoms with Gasteiger partial charge in [-0.05, 0) is 60.4 Å². The molecule has 1 aromatic heterocycles. The van der Waals surface area contributed by atoms with Gasteiger partial charge in [0.2, 0.25) is 0 Å². The van der Waals surface area contributed by atoms with Gasteiger partial charge in [0.15, 0.2) is 5.82 Å². The van der Waals surface area contributed by atoms with Gasteiger partial charge in [-0.25, -0.2) is 5.10 Å². The maximum atomic E-state index is 12.5. The molecule has 0 bridgehead atoms. The van der Waals surface area contributed by atoms with Crippen molar-refractivity contribution in [2.45, 2.75) is 32.2 Å². The fourth-order valence-electron chi connectivity index (χ4n) is 3.92. The van der Waals surface area contributed by atoms with Crippen LogP contribution in [0.15, 0.2) is 48.5 Å². The number of piperidine rings is 1. The van der Waals surface area contributed by atoms with Crippen molar-refractivity contribution in [2.24, 2.45) is 0 Å². The summed E-state index contributed by atoms with van der Waals surface area (Å²) in [7, 11) is 0. The van der Waals surface area contributed by atoms with Gasteiger partial charge in [-0.2, -0.15) is 0 Å². The first-order chi connectivity index (χ1) is 15.2. The number of ether oxygens (including phenoxy) is 1. The van der Waals surface area contributed by atoms with E-state index in [1.54, 1.807) is 0 Å². The Bertz CT molecular complexity index is 983. The molecule has 0 unspecified atom stereocenters. The Kier molecular flexibility index (Phi) is 6.89. The lowest BCUT2D eigenvalue weighted by molar-refractivity contribution is 0.0909. The minimum absolute atomic E-state index is 0.0329. The predicted molar refractivity (Wildman–Crippen MR) is 118 cm³/mol. The predicted octanol–water partition coefficient (Wildman–Crippen LogP) is 2.84. The number of nitrogens with one attached hydrogen (secondary N) is 2. The number of aromatic amines is 1. The second-order valence-electron chi connectivity index (χ2n) is 7.85. The number of carbonyl (C=O) groups excluding carboxylic acids is 1. The van der Waals surface area contributed by atoms with Crippen LogP contribution in [-0.4, -0.2) is 63.7 Å². The lowest BCUT2D eigenvalue weighted by atomic mass is 10.0. The van der Waals surface area contributed by atoms with Crippen molar-refractivity contribution in [3.05, 3.63) is 59.7 Å². The van der Waals surface area contributed by atoms with Gasteiger partial charge in [0, 0.05) is 31.2 Å². The fraction of sp³-hybridized carbons (Fsp3) is 0.391. The van der Waals surface area contributed by atoms with Crippen LogP contribution >= 0.6 is 0 Å². The molecule has 2 aromatic carbocycles. The fourth-order valence-corrected chi connectivity index (χ4v) is 3.92. The molecule has 0 radical (unpaired) electrons. The minimum Gasteiger partial charge on any atom is -0.493 e. The zero-order valence-electron chi connectivity index (χ0n) is 17.8. The second kappa shape index (κ2) is 10.2. The zero-order valence-corrected chi connectivity index (χ0v) is 17.8. The number of hydrogen-bond donors (Lipinski definition) is 2. The van der Waals surface area contributed by atoms with Crippen LogP contribution in [0.1, 0.15) is 35.2 Å². The average molecular weight is 421 g/mol. The molecule has 0 atom stereocenters. The quantitative estimate of drug-likeness (QED) is 0.544. The van der Waals surface area contributed by atoms with Crippen LogP contribution in [0, 0.1) is 6.92 Å². The number of likely N-dealkylation sites (tertiary alicyclic amines) is 1. The lowest BCUT2D eigenvalue weighted by Crippen LogP contribution is -2.45. The van der Waals surface area contributed by atoms with E-state index < -0.39 is 0 Å². The molecule has 4 rings (SSSR count). The first kappa shape index (κ1) is 21.0. The van der Waals surface area contributed by atoms with Gasteiger partial charge in [-0.15, -0.1) is 5.10 Å². The van der Waals surface area contributed by atoms with Crippen molar-refractivity contribution in [1.82, 2.24) is 30.8 Å². The van der Waals surface area contributed by atoms with Gasteiger partial charge in [-0.1, -0.05) is 30.3 Å². The summed E-state index contributed by atoms with van der Waals surface area (Å²) in [5.74, 6) is 1.41. The maximum absolute atomic E-state index is 12.5. The number of tetrazole rings is 1. The third-order valence-electron chi connectivity index (χ3n) is 5.68. The molecule has 0 spiro atoms. The smallest absolute Gasteiger partial charge is 0.251 e. The van der Waals surface area contributed by atoms with E-state index in [4.69, 9.17) is 4.74 Å². The molecule has 2 N–H and O–H groups in total. The first-order valence-corrected chi connectivity index (χ1v) is 10.8. The Morgan fingerprint density at radius 1 is 1.16 bits per heavy atom. The molecule has 1 fully saturated rings. The van der Waals surface area contributed by atoms with Crippen molar-refractivity contribution >= 4 is 5.91 Å². The molecule has 2 heterocycles. The SMILES string of the molecule is Cc1ccccc1C(=O)NC1CCN(CCCOc2ccccc2-c2nnn[nH]2)CC1. The molecule has 1 aliphatic heterocycles. The van der Waals surface area contributed by atoms with Crippen LogP contribution in [0.5, 0.6) is 5.75 Å². The van der Waals surface area contributed by atoms with Gasteiger partial charge >= 0.3 is 0 Å². The van der Waals surface area contributed by atoms with Crippen molar-refractivity contribution in [3.8, 4) is 17.1 Å². The highest BCUT2D eigenvalue weighted by Gasteiger charge is 2.21. The summed E-state index contributed by atoms with van der Waals surface area (Å²) in [4.78, 5) is 15.0. The van der Waals surface area contributed by atoms with E-state index in [-0.39, 0.29) is 11.9 Å². The molecule has 1 aliphatic rings. The summed E-state index contributed by atoms with van der Waals surface area (Å²) in [6.45, 7) is 5.55. The number of aryl methyl sites for hydroxylation is 1. The molecule has 162 valence electrons. The van der Waals surface area contributed by atoms with Crippen LogP contribution < -0.4 is 10.1 Å². The summed E-state index contributed by atoms with van der Waals surface area (Å²) in [5, 5.41) is 17.2. The van der Waals surface area contributed by atoms with Crippen LogP contribution in [0.4, 0.5) is 0 Å². The molecule has 8 heteroatoms. The van der Waals surface area contributed by atoms with E-state index in [1.807, 2.05) is 55.5 Å². The van der Waals surface area contributed by atoms with Crippen molar-refractivity contribution in [2.75, 3.05) is 26.2 Å². The molecule has 31 heavy (non-hydrogen) atoms. The summed E-state index contributed by atoms with van der Waals surface area (Å²) in [6.07, 6.45) is 2.88. The lowest BCUT2D eigenvalue weighted by Gasteiger charge is -2.32. The van der Waals surface area contributed by atoms with Gasteiger partial charge in [-0.3, -0.25) is 4.79 Å². The highest BCUT2D eigenvalue weighted by Crippen LogP contribution is 2.26. The molecule has 1 amide bonds. The maximum Gasteiger partial charge on any atom is 0.251 e. The zero-order chi connectivity index (χ0) is 21.5. The molecule has 8 nitrogen and oxygen atoms in total. The monoisotopic (exact) mass is 420 g/mol. The number of benzene rings is 2. The third-order valence-corrected chi connectivity index (χ3v) is 5.68. The second-order valence-corrected chi connectivity index (χ2v) is 7.85. The van der Waals surface area contributed by atoms with Crippen LogP contribution in [-0.2, 0) is 0 Å². The number of amides is 1. The largest absolute Gasteiger partial charge is 0.493 e. The number of aromatic nitrogens is 4. The topological polar surface area (TPSA) is 96.0 Å². The Balaban J connectivity index is 1.18. The van der Waals surface area contributed by atoms with E-state index in [1.165, 1.54) is 0 Å². The third kappa shape index (κ3) is 5.46. The molecule has 0 aliphatic carbocycles. The number of rotatable bonds is 8. The van der Waals surface area contributed by atoms with Crippen LogP contribution in [0.2, 0.25) is 0 Å². The molecule has 3 aromatic rings. The molecular weight excluding hydrogens is 392 g/mol. The van der Waals surface area contributed by atoms with Crippen molar-refractivity contribution in [3.63, 3.8) is 0 Å². The summed E-state index contributed by atoms with van der Waals surface area (Å²) in [5.41, 5.74) is 2.64. The number of para-hydroxylation sites is 1. The molecule has 0 saturated carbocycles.